The highest BCUT2D eigenvalue weighted by Crippen LogP contribution is 2.52. The van der Waals surface area contributed by atoms with Crippen molar-refractivity contribution in [1.29, 1.82) is 0 Å². The van der Waals surface area contributed by atoms with Crippen molar-refractivity contribution < 1.29 is 9.09 Å². The van der Waals surface area contributed by atoms with Crippen LogP contribution < -0.4 is 0 Å². The molecule has 1 aliphatic rings. The summed E-state index contributed by atoms with van der Waals surface area (Å²) in [5, 5.41) is 0. The molecule has 0 aromatic heterocycles. The lowest BCUT2D eigenvalue weighted by Crippen LogP contribution is -1.90. The lowest BCUT2D eigenvalue weighted by atomic mass is 10.1. The maximum absolute atomic E-state index is 11.9. The topological polar surface area (TPSA) is 26.3 Å². The van der Waals surface area contributed by atoms with Crippen LogP contribution in [0.4, 0.5) is 0 Å². The van der Waals surface area contributed by atoms with E-state index in [2.05, 4.69) is 6.92 Å². The first-order chi connectivity index (χ1) is 9.27. The molecule has 3 heteroatoms. The average molecular weight is 284 g/mol. The van der Waals surface area contributed by atoms with Crippen LogP contribution in [0.1, 0.15) is 71.1 Å². The molecule has 0 aromatic rings. The van der Waals surface area contributed by atoms with Gasteiger partial charge in [0.1, 0.15) is 0 Å². The van der Waals surface area contributed by atoms with Crippen molar-refractivity contribution >= 4 is 7.37 Å². The summed E-state index contributed by atoms with van der Waals surface area (Å²) in [6.07, 6.45) is 16.7. The first-order valence-electron chi connectivity index (χ1n) is 7.88. The van der Waals surface area contributed by atoms with Crippen molar-refractivity contribution in [2.24, 2.45) is 0 Å². The molecule has 1 rings (SSSR count). The van der Waals surface area contributed by atoms with Crippen molar-refractivity contribution in [3.05, 3.63) is 23.8 Å². The SMILES string of the molecule is CCCCCCCCCCCCOP1(=O)C=CC=C1. The molecule has 0 aliphatic carbocycles. The molecular formula is C16H29O2P. The summed E-state index contributed by atoms with van der Waals surface area (Å²) in [4.78, 5) is 0. The summed E-state index contributed by atoms with van der Waals surface area (Å²) in [6.45, 7) is 2.88. The molecule has 0 radical (unpaired) electrons. The van der Waals surface area contributed by atoms with Crippen molar-refractivity contribution in [3.63, 3.8) is 0 Å². The number of rotatable bonds is 12. The van der Waals surface area contributed by atoms with Crippen LogP contribution in [0.2, 0.25) is 0 Å². The standard InChI is InChI=1S/C16H29O2P/c1-2-3-4-5-6-7-8-9-10-11-14-18-19(17)15-12-13-16-19/h12-13,15-16H,2-11,14H2,1H3. The van der Waals surface area contributed by atoms with Gasteiger partial charge in [-0.15, -0.1) is 0 Å². The maximum atomic E-state index is 11.9. The number of hydrogen-bond donors (Lipinski definition) is 0. The number of hydrogen-bond acceptors (Lipinski definition) is 2. The molecule has 1 aliphatic heterocycles. The Kier molecular flexibility index (Phi) is 9.20. The molecule has 0 saturated carbocycles. The molecule has 0 amide bonds. The average Bonchev–Trinajstić information content (AvgIpc) is 2.83. The van der Waals surface area contributed by atoms with E-state index in [0.717, 1.165) is 6.42 Å². The molecule has 0 fully saturated rings. The molecule has 110 valence electrons. The van der Waals surface area contributed by atoms with E-state index in [0.29, 0.717) is 6.61 Å². The zero-order valence-corrected chi connectivity index (χ0v) is 13.2. The molecule has 0 N–H and O–H groups in total. The van der Waals surface area contributed by atoms with E-state index in [9.17, 15) is 4.57 Å². The molecule has 1 heterocycles. The molecule has 19 heavy (non-hydrogen) atoms. The van der Waals surface area contributed by atoms with Gasteiger partial charge in [0, 0.05) is 11.6 Å². The third-order valence-corrected chi connectivity index (χ3v) is 5.25. The third-order valence-electron chi connectivity index (χ3n) is 3.49. The first-order valence-corrected chi connectivity index (χ1v) is 9.64. The van der Waals surface area contributed by atoms with Crippen LogP contribution in [0.5, 0.6) is 0 Å². The summed E-state index contributed by atoms with van der Waals surface area (Å²) >= 11 is 0. The molecule has 0 aromatic carbocycles. The highest BCUT2D eigenvalue weighted by Gasteiger charge is 2.16. The summed E-state index contributed by atoms with van der Waals surface area (Å²) < 4.78 is 17.3. The second-order valence-electron chi connectivity index (χ2n) is 5.34. The predicted molar refractivity (Wildman–Crippen MR) is 83.7 cm³/mol. The Balaban J connectivity index is 1.80. The van der Waals surface area contributed by atoms with Gasteiger partial charge in [-0.1, -0.05) is 76.9 Å². The van der Waals surface area contributed by atoms with Crippen LogP contribution in [0.15, 0.2) is 23.8 Å². The Labute approximate surface area is 118 Å². The normalized spacial score (nSPS) is 16.3. The molecule has 0 unspecified atom stereocenters. The number of allylic oxidation sites excluding steroid dienone is 2. The molecule has 2 nitrogen and oxygen atoms in total. The van der Waals surface area contributed by atoms with Crippen LogP contribution in [0.3, 0.4) is 0 Å². The lowest BCUT2D eigenvalue weighted by Gasteiger charge is -2.08. The highest BCUT2D eigenvalue weighted by atomic mass is 31.2. The van der Waals surface area contributed by atoms with Gasteiger partial charge in [0.05, 0.1) is 6.61 Å². The summed E-state index contributed by atoms with van der Waals surface area (Å²) in [6, 6.07) is 0. The van der Waals surface area contributed by atoms with Gasteiger partial charge < -0.3 is 4.52 Å². The minimum Gasteiger partial charge on any atom is -0.323 e. The third kappa shape index (κ3) is 8.44. The van der Waals surface area contributed by atoms with Gasteiger partial charge in [0.25, 0.3) is 0 Å². The van der Waals surface area contributed by atoms with Gasteiger partial charge in [-0.05, 0) is 6.42 Å². The van der Waals surface area contributed by atoms with Gasteiger partial charge in [-0.2, -0.15) is 0 Å². The van der Waals surface area contributed by atoms with Crippen LogP contribution in [0, 0.1) is 0 Å². The second-order valence-corrected chi connectivity index (χ2v) is 7.49. The van der Waals surface area contributed by atoms with E-state index in [1.54, 1.807) is 23.8 Å². The fraction of sp³-hybridized carbons (Fsp3) is 0.750. The van der Waals surface area contributed by atoms with Crippen molar-refractivity contribution in [2.45, 2.75) is 71.1 Å². The quantitative estimate of drug-likeness (QED) is 0.313. The van der Waals surface area contributed by atoms with E-state index in [1.165, 1.54) is 57.8 Å². The molecule has 0 atom stereocenters. The summed E-state index contributed by atoms with van der Waals surface area (Å²) in [5.74, 6) is 3.37. The molecule has 0 saturated heterocycles. The largest absolute Gasteiger partial charge is 0.323 e. The van der Waals surface area contributed by atoms with E-state index in [-0.39, 0.29) is 0 Å². The second kappa shape index (κ2) is 10.5. The van der Waals surface area contributed by atoms with Crippen molar-refractivity contribution in [3.8, 4) is 0 Å². The zero-order chi connectivity index (χ0) is 13.8. The highest BCUT2D eigenvalue weighted by molar-refractivity contribution is 7.65. The van der Waals surface area contributed by atoms with Crippen molar-refractivity contribution in [2.75, 3.05) is 6.61 Å². The van der Waals surface area contributed by atoms with Crippen LogP contribution in [-0.4, -0.2) is 6.61 Å². The minimum absolute atomic E-state index is 0.627. The van der Waals surface area contributed by atoms with E-state index in [4.69, 9.17) is 4.52 Å². The Bertz CT molecular complexity index is 305. The fourth-order valence-electron chi connectivity index (χ4n) is 2.27. The van der Waals surface area contributed by atoms with Crippen LogP contribution in [0.25, 0.3) is 0 Å². The smallest absolute Gasteiger partial charge is 0.247 e. The van der Waals surface area contributed by atoms with Crippen LogP contribution >= 0.6 is 7.37 Å². The summed E-state index contributed by atoms with van der Waals surface area (Å²) in [5.41, 5.74) is 0. The maximum Gasteiger partial charge on any atom is 0.247 e. The van der Waals surface area contributed by atoms with E-state index in [1.807, 2.05) is 0 Å². The van der Waals surface area contributed by atoms with Gasteiger partial charge in [-0.3, -0.25) is 4.57 Å². The first kappa shape index (κ1) is 16.7. The molecular weight excluding hydrogens is 255 g/mol. The number of unbranched alkanes of at least 4 members (excludes halogenated alkanes) is 9. The van der Waals surface area contributed by atoms with E-state index >= 15 is 0 Å². The molecule has 0 bridgehead atoms. The lowest BCUT2D eigenvalue weighted by molar-refractivity contribution is 0.312. The molecule has 0 spiro atoms. The summed E-state index contributed by atoms with van der Waals surface area (Å²) in [7, 11) is -2.51. The van der Waals surface area contributed by atoms with Gasteiger partial charge in [0.15, 0.2) is 0 Å². The predicted octanol–water partition coefficient (Wildman–Crippen LogP) is 6.24. The van der Waals surface area contributed by atoms with Gasteiger partial charge in [0.2, 0.25) is 7.37 Å². The monoisotopic (exact) mass is 284 g/mol. The fourth-order valence-corrected chi connectivity index (χ4v) is 3.64. The minimum atomic E-state index is -2.51. The Morgan fingerprint density at radius 1 is 0.789 bits per heavy atom. The Morgan fingerprint density at radius 2 is 1.26 bits per heavy atom. The van der Waals surface area contributed by atoms with Gasteiger partial charge >= 0.3 is 0 Å². The Morgan fingerprint density at radius 3 is 1.79 bits per heavy atom. The van der Waals surface area contributed by atoms with Crippen molar-refractivity contribution in [1.82, 2.24) is 0 Å². The van der Waals surface area contributed by atoms with Crippen LogP contribution in [-0.2, 0) is 9.09 Å². The van der Waals surface area contributed by atoms with E-state index < -0.39 is 7.37 Å². The van der Waals surface area contributed by atoms with Gasteiger partial charge in [-0.25, -0.2) is 0 Å². The Hall–Kier alpha value is -0.330. The zero-order valence-electron chi connectivity index (χ0n) is 12.4.